The Labute approximate surface area is 160 Å². The van der Waals surface area contributed by atoms with Crippen LogP contribution in [0.5, 0.6) is 0 Å². The third kappa shape index (κ3) is 4.46. The van der Waals surface area contributed by atoms with E-state index in [0.29, 0.717) is 11.9 Å². The van der Waals surface area contributed by atoms with E-state index in [2.05, 4.69) is 19.2 Å². The van der Waals surface area contributed by atoms with Crippen molar-refractivity contribution in [2.75, 3.05) is 26.2 Å². The van der Waals surface area contributed by atoms with Gasteiger partial charge in [-0.2, -0.15) is 0 Å². The van der Waals surface area contributed by atoms with Crippen molar-refractivity contribution in [3.05, 3.63) is 22.4 Å². The molecule has 26 heavy (non-hydrogen) atoms. The summed E-state index contributed by atoms with van der Waals surface area (Å²) in [7, 11) is 0. The molecule has 2 fully saturated rings. The average Bonchev–Trinajstić information content (AvgIpc) is 3.20. The van der Waals surface area contributed by atoms with Crippen LogP contribution in [0.25, 0.3) is 0 Å². The lowest BCUT2D eigenvalue weighted by atomic mass is 9.91. The van der Waals surface area contributed by atoms with Crippen LogP contribution >= 0.6 is 11.3 Å². The zero-order valence-corrected chi connectivity index (χ0v) is 16.8. The van der Waals surface area contributed by atoms with Gasteiger partial charge in [-0.3, -0.25) is 9.59 Å². The number of nitrogens with one attached hydrogen (secondary N) is 1. The number of rotatable bonds is 5. The first-order valence-corrected chi connectivity index (χ1v) is 10.8. The van der Waals surface area contributed by atoms with E-state index in [4.69, 9.17) is 0 Å². The second kappa shape index (κ2) is 9.00. The van der Waals surface area contributed by atoms with Crippen molar-refractivity contribution >= 4 is 23.2 Å². The fourth-order valence-electron chi connectivity index (χ4n) is 4.24. The third-order valence-corrected chi connectivity index (χ3v) is 6.51. The highest BCUT2D eigenvalue weighted by atomic mass is 32.1. The molecule has 1 aromatic rings. The molecule has 0 unspecified atom stereocenters. The van der Waals surface area contributed by atoms with E-state index in [1.165, 1.54) is 11.3 Å². The van der Waals surface area contributed by atoms with Crippen LogP contribution in [0.15, 0.2) is 17.5 Å². The number of hydrogen-bond donors (Lipinski definition) is 1. The number of thiophene rings is 1. The first kappa shape index (κ1) is 19.4. The number of carbonyl (C=O) groups is 2. The van der Waals surface area contributed by atoms with Crippen molar-refractivity contribution in [1.82, 2.24) is 15.1 Å². The van der Waals surface area contributed by atoms with Crippen LogP contribution < -0.4 is 5.32 Å². The Morgan fingerprint density at radius 1 is 1.31 bits per heavy atom. The molecule has 1 aromatic heterocycles. The Bertz CT molecular complexity index is 596. The summed E-state index contributed by atoms with van der Waals surface area (Å²) in [5.74, 6) is 0.643. The highest BCUT2D eigenvalue weighted by molar-refractivity contribution is 7.12. The molecule has 3 rings (SSSR count). The summed E-state index contributed by atoms with van der Waals surface area (Å²) in [4.78, 5) is 30.6. The largest absolute Gasteiger partial charge is 0.342 e. The van der Waals surface area contributed by atoms with Crippen LogP contribution in [0.2, 0.25) is 0 Å². The molecule has 0 aliphatic carbocycles. The van der Waals surface area contributed by atoms with Gasteiger partial charge >= 0.3 is 0 Å². The molecule has 0 bridgehead atoms. The molecular formula is C20H31N3O2S. The van der Waals surface area contributed by atoms with E-state index < -0.39 is 0 Å². The van der Waals surface area contributed by atoms with Crippen molar-refractivity contribution in [2.45, 2.75) is 58.0 Å². The highest BCUT2D eigenvalue weighted by Crippen LogP contribution is 2.25. The van der Waals surface area contributed by atoms with E-state index in [1.54, 1.807) is 0 Å². The van der Waals surface area contributed by atoms with Gasteiger partial charge in [-0.05, 0) is 57.0 Å². The molecule has 0 spiro atoms. The highest BCUT2D eigenvalue weighted by Gasteiger charge is 2.33. The Balaban J connectivity index is 1.57. The van der Waals surface area contributed by atoms with Gasteiger partial charge in [0.1, 0.15) is 0 Å². The lowest BCUT2D eigenvalue weighted by molar-refractivity contribution is -0.138. The molecule has 2 atom stereocenters. The number of likely N-dealkylation sites (tertiary alicyclic amines) is 1. The SMILES string of the molecule is CCCN(C(=O)c1cccs1)C1CCN(C(=O)[C@H]2CCN[C@@H](C)C2)CC1. The lowest BCUT2D eigenvalue weighted by Crippen LogP contribution is -2.51. The number of carbonyl (C=O) groups excluding carboxylic acids is 2. The first-order valence-electron chi connectivity index (χ1n) is 9.96. The molecular weight excluding hydrogens is 346 g/mol. The minimum Gasteiger partial charge on any atom is -0.342 e. The van der Waals surface area contributed by atoms with Crippen LogP contribution in [0.3, 0.4) is 0 Å². The number of nitrogens with zero attached hydrogens (tertiary/aromatic N) is 2. The van der Waals surface area contributed by atoms with Gasteiger partial charge in [-0.1, -0.05) is 13.0 Å². The summed E-state index contributed by atoms with van der Waals surface area (Å²) in [5, 5.41) is 5.37. The van der Waals surface area contributed by atoms with Gasteiger partial charge in [0.2, 0.25) is 5.91 Å². The molecule has 1 N–H and O–H groups in total. The minimum absolute atomic E-state index is 0.152. The molecule has 2 aliphatic heterocycles. The summed E-state index contributed by atoms with van der Waals surface area (Å²) in [6, 6.07) is 4.52. The molecule has 2 aliphatic rings. The van der Waals surface area contributed by atoms with E-state index in [0.717, 1.165) is 63.2 Å². The fraction of sp³-hybridized carbons (Fsp3) is 0.700. The van der Waals surface area contributed by atoms with E-state index >= 15 is 0 Å². The summed E-state index contributed by atoms with van der Waals surface area (Å²) in [6.07, 6.45) is 4.63. The Morgan fingerprint density at radius 3 is 2.69 bits per heavy atom. The topological polar surface area (TPSA) is 52.7 Å². The van der Waals surface area contributed by atoms with Gasteiger partial charge in [0.05, 0.1) is 4.88 Å². The Morgan fingerprint density at radius 2 is 2.08 bits per heavy atom. The van der Waals surface area contributed by atoms with E-state index in [9.17, 15) is 9.59 Å². The number of amides is 2. The second-order valence-electron chi connectivity index (χ2n) is 7.61. The average molecular weight is 378 g/mol. The van der Waals surface area contributed by atoms with Crippen molar-refractivity contribution in [3.8, 4) is 0 Å². The van der Waals surface area contributed by atoms with Crippen molar-refractivity contribution in [2.24, 2.45) is 5.92 Å². The smallest absolute Gasteiger partial charge is 0.264 e. The van der Waals surface area contributed by atoms with Crippen molar-refractivity contribution in [3.63, 3.8) is 0 Å². The molecule has 6 heteroatoms. The van der Waals surface area contributed by atoms with E-state index in [-0.39, 0.29) is 17.9 Å². The minimum atomic E-state index is 0.152. The van der Waals surface area contributed by atoms with Gasteiger partial charge in [0.15, 0.2) is 0 Å². The summed E-state index contributed by atoms with van der Waals surface area (Å²) < 4.78 is 0. The van der Waals surface area contributed by atoms with Crippen LogP contribution in [0, 0.1) is 5.92 Å². The standard InChI is InChI=1S/C20H31N3O2S/c1-3-10-23(20(25)18-5-4-13-26-18)17-7-11-22(12-8-17)19(24)16-6-9-21-15(2)14-16/h4-5,13,15-17,21H,3,6-12,14H2,1-2H3/t15-,16-/m0/s1. The normalized spacial score (nSPS) is 24.5. The van der Waals surface area contributed by atoms with Crippen LogP contribution in [-0.2, 0) is 4.79 Å². The summed E-state index contributed by atoms with van der Waals surface area (Å²) in [5.41, 5.74) is 0. The molecule has 0 aromatic carbocycles. The molecule has 5 nitrogen and oxygen atoms in total. The van der Waals surface area contributed by atoms with Gasteiger partial charge in [0.25, 0.3) is 5.91 Å². The van der Waals surface area contributed by atoms with Crippen molar-refractivity contribution in [1.29, 1.82) is 0 Å². The third-order valence-electron chi connectivity index (χ3n) is 5.65. The fourth-order valence-corrected chi connectivity index (χ4v) is 4.92. The van der Waals surface area contributed by atoms with Gasteiger partial charge in [0, 0.05) is 37.6 Å². The number of piperidine rings is 2. The molecule has 0 radical (unpaired) electrons. The first-order chi connectivity index (χ1) is 12.6. The zero-order valence-electron chi connectivity index (χ0n) is 15.9. The predicted molar refractivity (Wildman–Crippen MR) is 105 cm³/mol. The van der Waals surface area contributed by atoms with Crippen LogP contribution in [0.1, 0.15) is 55.6 Å². The van der Waals surface area contributed by atoms with Gasteiger partial charge in [-0.15, -0.1) is 11.3 Å². The monoisotopic (exact) mass is 377 g/mol. The van der Waals surface area contributed by atoms with Crippen LogP contribution in [0.4, 0.5) is 0 Å². The maximum atomic E-state index is 12.8. The molecule has 3 heterocycles. The van der Waals surface area contributed by atoms with Crippen molar-refractivity contribution < 1.29 is 9.59 Å². The quantitative estimate of drug-likeness (QED) is 0.858. The second-order valence-corrected chi connectivity index (χ2v) is 8.56. The maximum absolute atomic E-state index is 12.8. The summed E-state index contributed by atoms with van der Waals surface area (Å²) >= 11 is 1.51. The Kier molecular flexibility index (Phi) is 6.70. The molecule has 0 saturated carbocycles. The van der Waals surface area contributed by atoms with Gasteiger partial charge < -0.3 is 15.1 Å². The molecule has 144 valence electrons. The summed E-state index contributed by atoms with van der Waals surface area (Å²) in [6.45, 7) is 7.56. The van der Waals surface area contributed by atoms with Crippen LogP contribution in [-0.4, -0.2) is 59.9 Å². The molecule has 2 amide bonds. The molecule has 2 saturated heterocycles. The maximum Gasteiger partial charge on any atom is 0.264 e. The van der Waals surface area contributed by atoms with Gasteiger partial charge in [-0.25, -0.2) is 0 Å². The number of hydrogen-bond acceptors (Lipinski definition) is 4. The predicted octanol–water partition coefficient (Wildman–Crippen LogP) is 2.98. The van der Waals surface area contributed by atoms with E-state index in [1.807, 2.05) is 27.3 Å². The Hall–Kier alpha value is -1.40. The lowest BCUT2D eigenvalue weighted by Gasteiger charge is -2.40. The zero-order chi connectivity index (χ0) is 18.5.